The summed E-state index contributed by atoms with van der Waals surface area (Å²) >= 11 is 0. The molecule has 5 nitrogen and oxygen atoms in total. The van der Waals surface area contributed by atoms with E-state index in [1.807, 2.05) is 6.92 Å². The Labute approximate surface area is 124 Å². The van der Waals surface area contributed by atoms with Gasteiger partial charge >= 0.3 is 0 Å². The van der Waals surface area contributed by atoms with Gasteiger partial charge in [0.2, 0.25) is 0 Å². The monoisotopic (exact) mass is 316 g/mol. The Hall–Kier alpha value is -1.50. The van der Waals surface area contributed by atoms with Crippen LogP contribution in [0.5, 0.6) is 5.75 Å². The molecule has 0 spiro atoms. The van der Waals surface area contributed by atoms with Gasteiger partial charge in [-0.2, -0.15) is 0 Å². The fourth-order valence-corrected chi connectivity index (χ4v) is 4.55. The Morgan fingerprint density at radius 2 is 2.10 bits per heavy atom. The van der Waals surface area contributed by atoms with E-state index in [4.69, 9.17) is 10.5 Å². The number of rotatable bonds is 4. The third-order valence-corrected chi connectivity index (χ3v) is 5.31. The van der Waals surface area contributed by atoms with Crippen molar-refractivity contribution >= 4 is 21.2 Å². The molecule has 7 heteroatoms. The first-order chi connectivity index (χ1) is 9.60. The average Bonchev–Trinajstić information content (AvgIpc) is 2.59. The number of hydrogen-bond acceptors (Lipinski definition) is 5. The first-order valence-electron chi connectivity index (χ1n) is 6.84. The van der Waals surface area contributed by atoms with Crippen LogP contribution in [0.3, 0.4) is 0 Å². The van der Waals surface area contributed by atoms with Crippen molar-refractivity contribution in [2.75, 3.05) is 22.6 Å². The lowest BCUT2D eigenvalue weighted by Gasteiger charge is -2.26. The number of halogens is 1. The first kappa shape index (κ1) is 15.9. The Morgan fingerprint density at radius 1 is 1.43 bits per heavy atom. The fraction of sp³-hybridized carbons (Fsp3) is 0.571. The van der Waals surface area contributed by atoms with Crippen molar-refractivity contribution < 1.29 is 17.5 Å². The molecule has 0 bridgehead atoms. The largest absolute Gasteiger partial charge is 0.488 e. The Balaban J connectivity index is 2.28. The van der Waals surface area contributed by atoms with Gasteiger partial charge in [0, 0.05) is 17.7 Å². The molecular formula is C14H21FN2O3S. The molecule has 0 amide bonds. The van der Waals surface area contributed by atoms with Crippen LogP contribution in [0.1, 0.15) is 27.2 Å². The average molecular weight is 316 g/mol. The van der Waals surface area contributed by atoms with Crippen LogP contribution in [-0.4, -0.2) is 31.6 Å². The van der Waals surface area contributed by atoms with Gasteiger partial charge in [0.15, 0.2) is 21.4 Å². The molecule has 1 fully saturated rings. The molecule has 3 N–H and O–H groups in total. The lowest BCUT2D eigenvalue weighted by molar-refractivity contribution is 0.231. The lowest BCUT2D eigenvalue weighted by Crippen LogP contribution is -2.36. The fourth-order valence-electron chi connectivity index (χ4n) is 2.46. The third-order valence-electron chi connectivity index (χ3n) is 3.41. The quantitative estimate of drug-likeness (QED) is 0.832. The van der Waals surface area contributed by atoms with Gasteiger partial charge in [-0.3, -0.25) is 0 Å². The van der Waals surface area contributed by atoms with E-state index in [1.165, 1.54) is 12.1 Å². The molecule has 1 aliphatic rings. The van der Waals surface area contributed by atoms with Crippen LogP contribution in [0.2, 0.25) is 0 Å². The van der Waals surface area contributed by atoms with Gasteiger partial charge in [-0.15, -0.1) is 0 Å². The van der Waals surface area contributed by atoms with Gasteiger partial charge < -0.3 is 15.8 Å². The molecule has 1 unspecified atom stereocenters. The van der Waals surface area contributed by atoms with E-state index in [0.29, 0.717) is 12.1 Å². The second-order valence-electron chi connectivity index (χ2n) is 6.06. The van der Waals surface area contributed by atoms with Gasteiger partial charge in [0.1, 0.15) is 0 Å². The van der Waals surface area contributed by atoms with Crippen molar-refractivity contribution in [1.29, 1.82) is 0 Å². The first-order valence-corrected chi connectivity index (χ1v) is 8.67. The summed E-state index contributed by atoms with van der Waals surface area (Å²) in [5.41, 5.74) is 5.94. The predicted octanol–water partition coefficient (Wildman–Crippen LogP) is 2.18. The number of ether oxygens (including phenoxy) is 1. The van der Waals surface area contributed by atoms with Gasteiger partial charge in [-0.05, 0) is 27.2 Å². The summed E-state index contributed by atoms with van der Waals surface area (Å²) < 4.78 is 42.4. The summed E-state index contributed by atoms with van der Waals surface area (Å²) in [5.74, 6) is -0.244. The number of hydrogen-bond donors (Lipinski definition) is 2. The van der Waals surface area contributed by atoms with E-state index in [1.54, 1.807) is 13.8 Å². The van der Waals surface area contributed by atoms with Gasteiger partial charge in [-0.25, -0.2) is 12.8 Å². The molecule has 2 rings (SSSR count). The number of benzene rings is 1. The van der Waals surface area contributed by atoms with Crippen LogP contribution in [0, 0.1) is 5.82 Å². The number of nitrogens with one attached hydrogen (secondary N) is 1. The minimum absolute atomic E-state index is 0.0389. The lowest BCUT2D eigenvalue weighted by atomic mass is 10.0. The van der Waals surface area contributed by atoms with E-state index in [9.17, 15) is 12.8 Å². The van der Waals surface area contributed by atoms with Gasteiger partial charge in [0.05, 0.1) is 29.0 Å². The topological polar surface area (TPSA) is 81.4 Å². The second kappa shape index (κ2) is 5.36. The van der Waals surface area contributed by atoms with E-state index in [2.05, 4.69) is 5.32 Å². The number of nitrogen functional groups attached to an aromatic ring is 1. The second-order valence-corrected chi connectivity index (χ2v) is 8.25. The molecule has 1 atom stereocenters. The van der Waals surface area contributed by atoms with E-state index < -0.39 is 21.2 Å². The summed E-state index contributed by atoms with van der Waals surface area (Å²) in [5, 5.41) is 3.13. The van der Waals surface area contributed by atoms with Gasteiger partial charge in [0.25, 0.3) is 0 Å². The third kappa shape index (κ3) is 3.78. The van der Waals surface area contributed by atoms with Crippen LogP contribution >= 0.6 is 0 Å². The molecular weight excluding hydrogens is 295 g/mol. The maximum atomic E-state index is 13.8. The maximum Gasteiger partial charge on any atom is 0.167 e. The Morgan fingerprint density at radius 3 is 2.62 bits per heavy atom. The molecule has 0 aromatic heterocycles. The molecule has 1 saturated heterocycles. The van der Waals surface area contributed by atoms with E-state index in [-0.39, 0.29) is 29.0 Å². The highest BCUT2D eigenvalue weighted by molar-refractivity contribution is 7.91. The minimum Gasteiger partial charge on any atom is -0.488 e. The molecule has 0 radical (unpaired) electrons. The van der Waals surface area contributed by atoms with Crippen molar-refractivity contribution in [3.05, 3.63) is 17.9 Å². The number of sulfone groups is 1. The summed E-state index contributed by atoms with van der Waals surface area (Å²) in [6.07, 6.45) is 0.324. The minimum atomic E-state index is -3.03. The molecule has 21 heavy (non-hydrogen) atoms. The van der Waals surface area contributed by atoms with Crippen molar-refractivity contribution in [2.45, 2.75) is 38.8 Å². The summed E-state index contributed by atoms with van der Waals surface area (Å²) in [6, 6.07) is 2.67. The Kier molecular flexibility index (Phi) is 4.06. The molecule has 0 saturated carbocycles. The zero-order valence-electron chi connectivity index (χ0n) is 12.4. The maximum absolute atomic E-state index is 13.8. The molecule has 1 aliphatic heterocycles. The smallest absolute Gasteiger partial charge is 0.167 e. The van der Waals surface area contributed by atoms with Crippen molar-refractivity contribution in [1.82, 2.24) is 0 Å². The Bertz CT molecular complexity index is 646. The highest BCUT2D eigenvalue weighted by Crippen LogP contribution is 2.34. The number of anilines is 2. The van der Waals surface area contributed by atoms with Crippen molar-refractivity contribution in [2.24, 2.45) is 0 Å². The van der Waals surface area contributed by atoms with Crippen LogP contribution in [-0.2, 0) is 9.84 Å². The molecule has 1 aromatic rings. The van der Waals surface area contributed by atoms with Crippen LogP contribution in [0.25, 0.3) is 0 Å². The summed E-state index contributed by atoms with van der Waals surface area (Å²) in [4.78, 5) is 0. The highest BCUT2D eigenvalue weighted by Gasteiger charge is 2.38. The number of nitrogens with two attached hydrogens (primary N) is 1. The SMILES string of the molecule is CC(C)Oc1cc(NC2(C)CCS(=O)(=O)C2)c(N)cc1F. The van der Waals surface area contributed by atoms with Crippen LogP contribution in [0.4, 0.5) is 15.8 Å². The van der Waals surface area contributed by atoms with Crippen LogP contribution < -0.4 is 15.8 Å². The molecule has 118 valence electrons. The van der Waals surface area contributed by atoms with Crippen molar-refractivity contribution in [3.63, 3.8) is 0 Å². The zero-order valence-corrected chi connectivity index (χ0v) is 13.3. The standard InChI is InChI=1S/C14H21FN2O3S/c1-9(2)20-13-7-12(11(16)6-10(13)15)17-14(3)4-5-21(18,19)8-14/h6-7,9,17H,4-5,8,16H2,1-3H3. The van der Waals surface area contributed by atoms with Gasteiger partial charge in [-0.1, -0.05) is 0 Å². The normalized spacial score (nSPS) is 24.2. The zero-order chi connectivity index (χ0) is 15.8. The summed E-state index contributed by atoms with van der Waals surface area (Å²) in [7, 11) is -3.03. The highest BCUT2D eigenvalue weighted by atomic mass is 32.2. The van der Waals surface area contributed by atoms with Crippen molar-refractivity contribution in [3.8, 4) is 5.75 Å². The molecule has 1 heterocycles. The van der Waals surface area contributed by atoms with E-state index >= 15 is 0 Å². The molecule has 1 aromatic carbocycles. The summed E-state index contributed by atoms with van der Waals surface area (Å²) in [6.45, 7) is 5.42. The van der Waals surface area contributed by atoms with Crippen LogP contribution in [0.15, 0.2) is 12.1 Å². The van der Waals surface area contributed by atoms with E-state index in [0.717, 1.165) is 0 Å². The predicted molar refractivity (Wildman–Crippen MR) is 81.9 cm³/mol. The molecule has 0 aliphatic carbocycles.